The first-order valence-corrected chi connectivity index (χ1v) is 6.77. The Balaban J connectivity index is 2.51. The highest BCUT2D eigenvalue weighted by Crippen LogP contribution is 2.10. The van der Waals surface area contributed by atoms with Crippen LogP contribution in [0.15, 0.2) is 0 Å². The molecule has 1 aliphatic heterocycles. The quantitative estimate of drug-likeness (QED) is 0.689. The molecule has 1 heterocycles. The van der Waals surface area contributed by atoms with E-state index in [1.54, 1.807) is 0 Å². The van der Waals surface area contributed by atoms with Gasteiger partial charge in [0, 0.05) is 0 Å². The second-order valence-electron chi connectivity index (χ2n) is 5.39. The number of carboxylic acids is 1. The fourth-order valence-electron chi connectivity index (χ4n) is 2.22. The SMILES string of the molecule is CC(C)C[C@@H](NC(=O)C1CCCCCN1)C(=O)O. The summed E-state index contributed by atoms with van der Waals surface area (Å²) in [7, 11) is 0. The highest BCUT2D eigenvalue weighted by molar-refractivity contribution is 5.86. The normalized spacial score (nSPS) is 22.3. The molecule has 18 heavy (non-hydrogen) atoms. The van der Waals surface area contributed by atoms with Crippen LogP contribution in [0.4, 0.5) is 0 Å². The molecule has 0 aromatic carbocycles. The second-order valence-corrected chi connectivity index (χ2v) is 5.39. The Morgan fingerprint density at radius 3 is 2.67 bits per heavy atom. The van der Waals surface area contributed by atoms with E-state index in [1.165, 1.54) is 0 Å². The molecular formula is C13H24N2O3. The molecular weight excluding hydrogens is 232 g/mol. The van der Waals surface area contributed by atoms with Crippen molar-refractivity contribution in [3.05, 3.63) is 0 Å². The van der Waals surface area contributed by atoms with Crippen LogP contribution < -0.4 is 10.6 Å². The van der Waals surface area contributed by atoms with Crippen molar-refractivity contribution in [1.82, 2.24) is 10.6 Å². The first-order valence-electron chi connectivity index (χ1n) is 6.77. The molecule has 1 fully saturated rings. The molecule has 5 heteroatoms. The summed E-state index contributed by atoms with van der Waals surface area (Å²) in [4.78, 5) is 23.1. The van der Waals surface area contributed by atoms with Crippen LogP contribution in [-0.2, 0) is 9.59 Å². The van der Waals surface area contributed by atoms with Gasteiger partial charge in [0.05, 0.1) is 6.04 Å². The standard InChI is InChI=1S/C13H24N2O3/c1-9(2)8-11(13(17)18)15-12(16)10-6-4-3-5-7-14-10/h9-11,14H,3-8H2,1-2H3,(H,15,16)(H,17,18)/t10?,11-/m1/s1. The van der Waals surface area contributed by atoms with Crippen LogP contribution in [0.5, 0.6) is 0 Å². The van der Waals surface area contributed by atoms with Crippen LogP contribution in [0.2, 0.25) is 0 Å². The van der Waals surface area contributed by atoms with E-state index in [0.29, 0.717) is 6.42 Å². The van der Waals surface area contributed by atoms with Crippen molar-refractivity contribution in [2.24, 2.45) is 5.92 Å². The Bertz CT molecular complexity index is 284. The van der Waals surface area contributed by atoms with Gasteiger partial charge in [-0.1, -0.05) is 26.7 Å². The summed E-state index contributed by atoms with van der Waals surface area (Å²) in [6, 6.07) is -1.01. The summed E-state index contributed by atoms with van der Waals surface area (Å²) in [6.45, 7) is 4.73. The molecule has 0 bridgehead atoms. The second kappa shape index (κ2) is 7.36. The molecule has 1 aliphatic rings. The number of aliphatic carboxylic acids is 1. The molecule has 1 amide bonds. The average Bonchev–Trinajstić information content (AvgIpc) is 2.55. The van der Waals surface area contributed by atoms with Gasteiger partial charge < -0.3 is 15.7 Å². The fraction of sp³-hybridized carbons (Fsp3) is 0.846. The molecule has 5 nitrogen and oxygen atoms in total. The molecule has 0 saturated carbocycles. The van der Waals surface area contributed by atoms with Crippen LogP contribution in [0.25, 0.3) is 0 Å². The van der Waals surface area contributed by atoms with Gasteiger partial charge in [0.1, 0.15) is 6.04 Å². The maximum Gasteiger partial charge on any atom is 0.326 e. The van der Waals surface area contributed by atoms with Gasteiger partial charge in [-0.3, -0.25) is 4.79 Å². The lowest BCUT2D eigenvalue weighted by Gasteiger charge is -2.21. The van der Waals surface area contributed by atoms with Gasteiger partial charge in [-0.2, -0.15) is 0 Å². The molecule has 104 valence electrons. The summed E-state index contributed by atoms with van der Waals surface area (Å²) in [5, 5.41) is 14.9. The monoisotopic (exact) mass is 256 g/mol. The van der Waals surface area contributed by atoms with Crippen molar-refractivity contribution >= 4 is 11.9 Å². The van der Waals surface area contributed by atoms with Crippen LogP contribution >= 0.6 is 0 Å². The number of nitrogens with one attached hydrogen (secondary N) is 2. The Hall–Kier alpha value is -1.10. The predicted octanol–water partition coefficient (Wildman–Crippen LogP) is 1.13. The average molecular weight is 256 g/mol. The number of carbonyl (C=O) groups is 2. The van der Waals surface area contributed by atoms with Crippen molar-refractivity contribution < 1.29 is 14.7 Å². The van der Waals surface area contributed by atoms with E-state index in [9.17, 15) is 9.59 Å². The molecule has 3 N–H and O–H groups in total. The highest BCUT2D eigenvalue weighted by atomic mass is 16.4. The third-order valence-corrected chi connectivity index (χ3v) is 3.20. The van der Waals surface area contributed by atoms with Crippen LogP contribution in [0.3, 0.4) is 0 Å². The minimum Gasteiger partial charge on any atom is -0.480 e. The van der Waals surface area contributed by atoms with Gasteiger partial charge in [-0.05, 0) is 31.7 Å². The fourth-order valence-corrected chi connectivity index (χ4v) is 2.22. The molecule has 2 atom stereocenters. The maximum absolute atomic E-state index is 12.0. The van der Waals surface area contributed by atoms with Crippen molar-refractivity contribution in [2.75, 3.05) is 6.54 Å². The third kappa shape index (κ3) is 5.04. The largest absolute Gasteiger partial charge is 0.480 e. The van der Waals surface area contributed by atoms with E-state index in [2.05, 4.69) is 10.6 Å². The van der Waals surface area contributed by atoms with Crippen LogP contribution in [0, 0.1) is 5.92 Å². The zero-order valence-electron chi connectivity index (χ0n) is 11.2. The van der Waals surface area contributed by atoms with E-state index in [-0.39, 0.29) is 17.9 Å². The van der Waals surface area contributed by atoms with E-state index in [0.717, 1.165) is 32.2 Å². The summed E-state index contributed by atoms with van der Waals surface area (Å²) in [5.41, 5.74) is 0. The molecule has 0 aliphatic carbocycles. The molecule has 1 rings (SSSR count). The molecule has 1 saturated heterocycles. The molecule has 0 aromatic heterocycles. The first-order chi connectivity index (χ1) is 8.50. The Labute approximate surface area is 108 Å². The number of hydrogen-bond donors (Lipinski definition) is 3. The number of hydrogen-bond acceptors (Lipinski definition) is 3. The third-order valence-electron chi connectivity index (χ3n) is 3.20. The Morgan fingerprint density at radius 2 is 2.06 bits per heavy atom. The van der Waals surface area contributed by atoms with Crippen LogP contribution in [-0.4, -0.2) is 35.6 Å². The summed E-state index contributed by atoms with van der Waals surface area (Å²) in [6.07, 6.45) is 4.49. The van der Waals surface area contributed by atoms with Crippen LogP contribution in [0.1, 0.15) is 46.0 Å². The van der Waals surface area contributed by atoms with Crippen molar-refractivity contribution in [3.63, 3.8) is 0 Å². The van der Waals surface area contributed by atoms with Gasteiger partial charge >= 0.3 is 5.97 Å². The lowest BCUT2D eigenvalue weighted by atomic mass is 10.0. The van der Waals surface area contributed by atoms with Gasteiger partial charge in [0.25, 0.3) is 0 Å². The maximum atomic E-state index is 12.0. The lowest BCUT2D eigenvalue weighted by molar-refractivity contribution is -0.142. The van der Waals surface area contributed by atoms with Gasteiger partial charge in [-0.25, -0.2) is 4.79 Å². The van der Waals surface area contributed by atoms with E-state index in [4.69, 9.17) is 5.11 Å². The summed E-state index contributed by atoms with van der Waals surface area (Å²) >= 11 is 0. The number of rotatable bonds is 5. The van der Waals surface area contributed by atoms with Crippen molar-refractivity contribution in [1.29, 1.82) is 0 Å². The lowest BCUT2D eigenvalue weighted by Crippen LogP contribution is -2.50. The molecule has 0 spiro atoms. The number of carbonyl (C=O) groups excluding carboxylic acids is 1. The molecule has 0 aromatic rings. The summed E-state index contributed by atoms with van der Waals surface area (Å²) < 4.78 is 0. The zero-order chi connectivity index (χ0) is 13.5. The van der Waals surface area contributed by atoms with Crippen molar-refractivity contribution in [2.45, 2.75) is 58.0 Å². The Kier molecular flexibility index (Phi) is 6.12. The topological polar surface area (TPSA) is 78.4 Å². The highest BCUT2D eigenvalue weighted by Gasteiger charge is 2.26. The predicted molar refractivity (Wildman–Crippen MR) is 69.3 cm³/mol. The Morgan fingerprint density at radius 1 is 1.33 bits per heavy atom. The van der Waals surface area contributed by atoms with Gasteiger partial charge in [0.15, 0.2) is 0 Å². The number of carboxylic acid groups (broad SMARTS) is 1. The zero-order valence-corrected chi connectivity index (χ0v) is 11.2. The van der Waals surface area contributed by atoms with E-state index in [1.807, 2.05) is 13.8 Å². The van der Waals surface area contributed by atoms with E-state index >= 15 is 0 Å². The smallest absolute Gasteiger partial charge is 0.326 e. The van der Waals surface area contributed by atoms with E-state index < -0.39 is 12.0 Å². The molecule has 0 radical (unpaired) electrons. The molecule has 1 unspecified atom stereocenters. The van der Waals surface area contributed by atoms with Gasteiger partial charge in [-0.15, -0.1) is 0 Å². The number of amides is 1. The minimum atomic E-state index is -0.953. The summed E-state index contributed by atoms with van der Waals surface area (Å²) in [5.74, 6) is -0.885. The van der Waals surface area contributed by atoms with Gasteiger partial charge in [0.2, 0.25) is 5.91 Å². The minimum absolute atomic E-state index is 0.176. The van der Waals surface area contributed by atoms with Crippen molar-refractivity contribution in [3.8, 4) is 0 Å². The first kappa shape index (κ1) is 15.0.